The highest BCUT2D eigenvalue weighted by atomic mass is 16.5. The second kappa shape index (κ2) is 4.97. The molecule has 0 bridgehead atoms. The van der Waals surface area contributed by atoms with Crippen molar-refractivity contribution in [3.05, 3.63) is 11.5 Å². The SMILES string of the molecule is CCOC1CC(n2c(C)nc(C(=O)OC)c2N)C1. The van der Waals surface area contributed by atoms with Crippen molar-refractivity contribution in [1.29, 1.82) is 0 Å². The van der Waals surface area contributed by atoms with Gasteiger partial charge in [0, 0.05) is 12.6 Å². The number of hydrogen-bond acceptors (Lipinski definition) is 5. The molecule has 0 amide bonds. The standard InChI is InChI=1S/C12H19N3O3/c1-4-18-9-5-8(6-9)15-7(2)14-10(11(15)13)12(16)17-3/h8-9H,4-6,13H2,1-3H3. The Morgan fingerprint density at radius 1 is 1.56 bits per heavy atom. The second-order valence-electron chi connectivity index (χ2n) is 4.46. The van der Waals surface area contributed by atoms with E-state index in [1.807, 2.05) is 18.4 Å². The highest BCUT2D eigenvalue weighted by molar-refractivity contribution is 5.92. The summed E-state index contributed by atoms with van der Waals surface area (Å²) in [5.41, 5.74) is 6.17. The number of rotatable bonds is 4. The van der Waals surface area contributed by atoms with Gasteiger partial charge in [-0.25, -0.2) is 9.78 Å². The molecule has 1 aliphatic carbocycles. The van der Waals surface area contributed by atoms with Gasteiger partial charge in [0.2, 0.25) is 0 Å². The fourth-order valence-electron chi connectivity index (χ4n) is 2.39. The molecule has 1 aromatic rings. The van der Waals surface area contributed by atoms with Crippen LogP contribution < -0.4 is 5.73 Å². The summed E-state index contributed by atoms with van der Waals surface area (Å²) in [6, 6.07) is 0.271. The average molecular weight is 253 g/mol. The van der Waals surface area contributed by atoms with Gasteiger partial charge < -0.3 is 19.8 Å². The summed E-state index contributed by atoms with van der Waals surface area (Å²) in [7, 11) is 1.32. The molecule has 1 saturated carbocycles. The van der Waals surface area contributed by atoms with E-state index in [2.05, 4.69) is 9.72 Å². The van der Waals surface area contributed by atoms with Crippen LogP contribution in [0.1, 0.15) is 42.1 Å². The molecule has 1 aromatic heterocycles. The maximum Gasteiger partial charge on any atom is 0.360 e. The number of methoxy groups -OCH3 is 1. The van der Waals surface area contributed by atoms with Gasteiger partial charge in [0.25, 0.3) is 0 Å². The van der Waals surface area contributed by atoms with Crippen LogP contribution in [0.25, 0.3) is 0 Å². The van der Waals surface area contributed by atoms with Crippen LogP contribution in [0.5, 0.6) is 0 Å². The zero-order valence-electron chi connectivity index (χ0n) is 11.0. The van der Waals surface area contributed by atoms with Crippen molar-refractivity contribution in [3.63, 3.8) is 0 Å². The predicted molar refractivity (Wildman–Crippen MR) is 66.4 cm³/mol. The lowest BCUT2D eigenvalue weighted by molar-refractivity contribution is -0.0196. The first-order valence-electron chi connectivity index (χ1n) is 6.12. The van der Waals surface area contributed by atoms with E-state index in [0.29, 0.717) is 11.9 Å². The van der Waals surface area contributed by atoms with Crippen molar-refractivity contribution in [3.8, 4) is 0 Å². The Morgan fingerprint density at radius 2 is 2.22 bits per heavy atom. The number of nitrogens with two attached hydrogens (primary N) is 1. The van der Waals surface area contributed by atoms with Crippen LogP contribution in [-0.2, 0) is 9.47 Å². The number of anilines is 1. The van der Waals surface area contributed by atoms with Gasteiger partial charge in [-0.05, 0) is 26.7 Å². The molecular formula is C12H19N3O3. The first kappa shape index (κ1) is 12.9. The smallest absolute Gasteiger partial charge is 0.360 e. The third-order valence-electron chi connectivity index (χ3n) is 3.34. The molecule has 6 heteroatoms. The highest BCUT2D eigenvalue weighted by Crippen LogP contribution is 2.37. The first-order chi connectivity index (χ1) is 8.58. The highest BCUT2D eigenvalue weighted by Gasteiger charge is 2.34. The van der Waals surface area contributed by atoms with Gasteiger partial charge in [-0.2, -0.15) is 0 Å². The Balaban J connectivity index is 2.15. The van der Waals surface area contributed by atoms with E-state index in [-0.39, 0.29) is 11.7 Å². The van der Waals surface area contributed by atoms with Gasteiger partial charge >= 0.3 is 5.97 Å². The quantitative estimate of drug-likeness (QED) is 0.818. The van der Waals surface area contributed by atoms with Crippen molar-refractivity contribution in [2.75, 3.05) is 19.5 Å². The van der Waals surface area contributed by atoms with Crippen molar-refractivity contribution >= 4 is 11.8 Å². The van der Waals surface area contributed by atoms with Crippen LogP contribution in [0.15, 0.2) is 0 Å². The number of nitrogens with zero attached hydrogens (tertiary/aromatic N) is 2. The van der Waals surface area contributed by atoms with E-state index in [1.54, 1.807) is 0 Å². The number of aryl methyl sites for hydroxylation is 1. The monoisotopic (exact) mass is 253 g/mol. The van der Waals surface area contributed by atoms with Crippen LogP contribution in [0.3, 0.4) is 0 Å². The molecule has 0 spiro atoms. The van der Waals surface area contributed by atoms with Gasteiger partial charge in [-0.15, -0.1) is 0 Å². The summed E-state index contributed by atoms with van der Waals surface area (Å²) < 4.78 is 12.1. The Labute approximate surface area is 106 Å². The van der Waals surface area contributed by atoms with Crippen LogP contribution in [0.2, 0.25) is 0 Å². The number of hydrogen-bond donors (Lipinski definition) is 1. The molecule has 1 aliphatic rings. The van der Waals surface area contributed by atoms with Crippen LogP contribution in [-0.4, -0.2) is 35.3 Å². The first-order valence-corrected chi connectivity index (χ1v) is 6.12. The summed E-state index contributed by atoms with van der Waals surface area (Å²) in [5.74, 6) is 0.641. The summed E-state index contributed by atoms with van der Waals surface area (Å²) in [6.45, 7) is 4.56. The summed E-state index contributed by atoms with van der Waals surface area (Å²) in [4.78, 5) is 15.7. The normalized spacial score (nSPS) is 22.6. The number of esters is 1. The topological polar surface area (TPSA) is 79.4 Å². The minimum atomic E-state index is -0.491. The summed E-state index contributed by atoms with van der Waals surface area (Å²) in [6.07, 6.45) is 2.12. The molecule has 0 radical (unpaired) electrons. The Bertz CT molecular complexity index is 450. The Hall–Kier alpha value is -1.56. The predicted octanol–water partition coefficient (Wildman–Crippen LogP) is 1.30. The van der Waals surface area contributed by atoms with Gasteiger partial charge in [0.05, 0.1) is 13.2 Å². The van der Waals surface area contributed by atoms with E-state index in [1.165, 1.54) is 7.11 Å². The molecule has 0 aromatic carbocycles. The van der Waals surface area contributed by atoms with Crippen LogP contribution in [0.4, 0.5) is 5.82 Å². The maximum atomic E-state index is 11.5. The van der Waals surface area contributed by atoms with E-state index < -0.39 is 5.97 Å². The second-order valence-corrected chi connectivity index (χ2v) is 4.46. The van der Waals surface area contributed by atoms with E-state index in [9.17, 15) is 4.79 Å². The maximum absolute atomic E-state index is 11.5. The van der Waals surface area contributed by atoms with Crippen molar-refractivity contribution in [2.24, 2.45) is 0 Å². The average Bonchev–Trinajstić information content (AvgIpc) is 2.59. The Morgan fingerprint density at radius 3 is 2.78 bits per heavy atom. The summed E-state index contributed by atoms with van der Waals surface area (Å²) >= 11 is 0. The molecule has 2 rings (SSSR count). The number of nitrogen functional groups attached to an aromatic ring is 1. The van der Waals surface area contributed by atoms with Gasteiger partial charge in [-0.1, -0.05) is 0 Å². The van der Waals surface area contributed by atoms with Crippen molar-refractivity contribution in [1.82, 2.24) is 9.55 Å². The van der Waals surface area contributed by atoms with Gasteiger partial charge in [-0.3, -0.25) is 0 Å². The molecular weight excluding hydrogens is 234 g/mol. The molecule has 2 N–H and O–H groups in total. The van der Waals surface area contributed by atoms with Crippen molar-refractivity contribution in [2.45, 2.75) is 38.8 Å². The third-order valence-corrected chi connectivity index (χ3v) is 3.34. The van der Waals surface area contributed by atoms with Crippen LogP contribution >= 0.6 is 0 Å². The molecule has 0 aliphatic heterocycles. The van der Waals surface area contributed by atoms with E-state index in [4.69, 9.17) is 10.5 Å². The number of imidazole rings is 1. The van der Waals surface area contributed by atoms with Gasteiger partial charge in [0.15, 0.2) is 5.69 Å². The fourth-order valence-corrected chi connectivity index (χ4v) is 2.39. The minimum absolute atomic E-state index is 0.204. The number of ether oxygens (including phenoxy) is 2. The van der Waals surface area contributed by atoms with Gasteiger partial charge in [0.1, 0.15) is 11.6 Å². The lowest BCUT2D eigenvalue weighted by Gasteiger charge is -2.36. The molecule has 0 atom stereocenters. The van der Waals surface area contributed by atoms with Crippen LogP contribution in [0, 0.1) is 6.92 Å². The lowest BCUT2D eigenvalue weighted by atomic mass is 9.89. The number of carbonyl (C=O) groups excluding carboxylic acids is 1. The molecule has 100 valence electrons. The molecule has 1 heterocycles. The minimum Gasteiger partial charge on any atom is -0.464 e. The zero-order chi connectivity index (χ0) is 13.3. The molecule has 1 fully saturated rings. The molecule has 0 unspecified atom stereocenters. The molecule has 18 heavy (non-hydrogen) atoms. The van der Waals surface area contributed by atoms with E-state index in [0.717, 1.165) is 25.3 Å². The lowest BCUT2D eigenvalue weighted by Crippen LogP contribution is -2.34. The Kier molecular flexibility index (Phi) is 3.56. The zero-order valence-corrected chi connectivity index (χ0v) is 11.0. The third kappa shape index (κ3) is 2.08. The fraction of sp³-hybridized carbons (Fsp3) is 0.667. The molecule has 6 nitrogen and oxygen atoms in total. The largest absolute Gasteiger partial charge is 0.464 e. The molecule has 0 saturated heterocycles. The summed E-state index contributed by atoms with van der Waals surface area (Å²) in [5, 5.41) is 0. The van der Waals surface area contributed by atoms with Crippen molar-refractivity contribution < 1.29 is 14.3 Å². The number of aromatic nitrogens is 2. The van der Waals surface area contributed by atoms with E-state index >= 15 is 0 Å². The number of carbonyl (C=O) groups is 1.